The van der Waals surface area contributed by atoms with Crippen LogP contribution in [0.1, 0.15) is 245 Å². The highest BCUT2D eigenvalue weighted by molar-refractivity contribution is 7.85. The number of esters is 2. The average Bonchev–Trinajstić information content (AvgIpc) is 3.31. The van der Waals surface area contributed by atoms with Gasteiger partial charge in [-0.05, 0) is 51.4 Å². The number of carbonyl (C=O) groups is 2. The van der Waals surface area contributed by atoms with Crippen molar-refractivity contribution in [1.82, 2.24) is 0 Å². The molecule has 2 unspecified atom stereocenters. The molecule has 0 spiro atoms. The summed E-state index contributed by atoms with van der Waals surface area (Å²) in [6.07, 6.45) is 44.7. The molecule has 0 aromatic carbocycles. The molecule has 13 heteroatoms. The minimum absolute atomic E-state index is 0.163. The number of ether oxygens (including phenoxy) is 4. The van der Waals surface area contributed by atoms with Crippen LogP contribution in [-0.4, -0.2) is 96.0 Å². The summed E-state index contributed by atoms with van der Waals surface area (Å²) in [5.41, 5.74) is 0. The molecule has 0 aromatic heterocycles. The van der Waals surface area contributed by atoms with Crippen LogP contribution in [0.4, 0.5) is 0 Å². The van der Waals surface area contributed by atoms with Crippen LogP contribution in [0.15, 0.2) is 36.5 Å². The van der Waals surface area contributed by atoms with Gasteiger partial charge in [-0.25, -0.2) is 0 Å². The van der Waals surface area contributed by atoms with E-state index in [1.54, 1.807) is 0 Å². The lowest BCUT2D eigenvalue weighted by atomic mass is 10.00. The molecule has 1 aliphatic heterocycles. The number of aliphatic hydroxyl groups excluding tert-OH is 3. The minimum Gasteiger partial charge on any atom is -0.462 e. The molecule has 1 rings (SSSR count). The van der Waals surface area contributed by atoms with E-state index in [9.17, 15) is 37.9 Å². The van der Waals surface area contributed by atoms with Crippen LogP contribution < -0.4 is 0 Å². The highest BCUT2D eigenvalue weighted by atomic mass is 32.2. The number of hydrogen-bond donors (Lipinski definition) is 4. The molecule has 0 amide bonds. The van der Waals surface area contributed by atoms with Gasteiger partial charge in [-0.15, -0.1) is 0 Å². The number of aliphatic hydroxyl groups is 3. The molecule has 0 saturated carbocycles. The normalized spacial score (nSPS) is 19.4. The van der Waals surface area contributed by atoms with Crippen molar-refractivity contribution >= 4 is 22.1 Å². The second kappa shape index (κ2) is 44.8. The summed E-state index contributed by atoms with van der Waals surface area (Å²) in [6, 6.07) is 0. The fourth-order valence-electron chi connectivity index (χ4n) is 8.45. The van der Waals surface area contributed by atoms with Gasteiger partial charge in [0, 0.05) is 12.8 Å². The molecule has 398 valence electrons. The Bertz CT molecular complexity index is 1380. The SMILES string of the molecule is CCCCC/C=C/C/C=C/C/C=C/CCCCCCC(=O)OC[C@H](CO[C@H]1O[C@H](CS(=O)(=O)O)[C@@H](O)C(O)C1O)OC(=O)CCCCCCCCCCCCCCCCCCCCCCCCC. The number of rotatable bonds is 47. The topological polar surface area (TPSA) is 186 Å². The summed E-state index contributed by atoms with van der Waals surface area (Å²) in [5.74, 6) is -2.00. The zero-order valence-electron chi connectivity index (χ0n) is 43.0. The largest absolute Gasteiger partial charge is 0.462 e. The summed E-state index contributed by atoms with van der Waals surface area (Å²) < 4.78 is 54.3. The summed E-state index contributed by atoms with van der Waals surface area (Å²) in [6.45, 7) is 3.76. The van der Waals surface area contributed by atoms with Crippen LogP contribution in [0, 0.1) is 0 Å². The fourth-order valence-corrected chi connectivity index (χ4v) is 9.14. The van der Waals surface area contributed by atoms with E-state index in [0.717, 1.165) is 64.2 Å². The maximum atomic E-state index is 12.9. The van der Waals surface area contributed by atoms with Crippen LogP contribution in [0.3, 0.4) is 0 Å². The van der Waals surface area contributed by atoms with Gasteiger partial charge in [0.2, 0.25) is 0 Å². The fraction of sp³-hybridized carbons (Fsp3) is 0.855. The zero-order chi connectivity index (χ0) is 49.8. The first-order valence-electron chi connectivity index (χ1n) is 27.5. The maximum Gasteiger partial charge on any atom is 0.306 e. The number of hydrogen-bond acceptors (Lipinski definition) is 11. The lowest BCUT2D eigenvalue weighted by Gasteiger charge is -2.40. The van der Waals surface area contributed by atoms with Crippen LogP contribution in [-0.2, 0) is 38.7 Å². The molecule has 1 heterocycles. The Morgan fingerprint density at radius 3 is 1.34 bits per heavy atom. The summed E-state index contributed by atoms with van der Waals surface area (Å²) in [7, 11) is -4.61. The van der Waals surface area contributed by atoms with Gasteiger partial charge in [-0.2, -0.15) is 8.42 Å². The molecule has 12 nitrogen and oxygen atoms in total. The Balaban J connectivity index is 2.33. The third-order valence-corrected chi connectivity index (χ3v) is 13.5. The monoisotopic (exact) mass is 985 g/mol. The van der Waals surface area contributed by atoms with Crippen molar-refractivity contribution in [2.75, 3.05) is 19.0 Å². The first-order valence-corrected chi connectivity index (χ1v) is 29.2. The van der Waals surface area contributed by atoms with Crippen LogP contribution in [0.25, 0.3) is 0 Å². The predicted octanol–water partition coefficient (Wildman–Crippen LogP) is 12.9. The maximum absolute atomic E-state index is 12.9. The van der Waals surface area contributed by atoms with E-state index < -0.39 is 71.2 Å². The molecule has 1 aliphatic rings. The van der Waals surface area contributed by atoms with E-state index in [1.807, 2.05) is 0 Å². The first kappa shape index (κ1) is 63.9. The Labute approximate surface area is 414 Å². The average molecular weight is 985 g/mol. The molecule has 1 fully saturated rings. The molecule has 1 saturated heterocycles. The van der Waals surface area contributed by atoms with Crippen molar-refractivity contribution in [2.24, 2.45) is 0 Å². The molecule has 0 aromatic rings. The van der Waals surface area contributed by atoms with Crippen LogP contribution in [0.2, 0.25) is 0 Å². The van der Waals surface area contributed by atoms with Crippen molar-refractivity contribution in [3.63, 3.8) is 0 Å². The van der Waals surface area contributed by atoms with Crippen molar-refractivity contribution < 1.29 is 56.8 Å². The zero-order valence-corrected chi connectivity index (χ0v) is 43.8. The smallest absolute Gasteiger partial charge is 0.306 e. The minimum atomic E-state index is -4.61. The highest BCUT2D eigenvalue weighted by Crippen LogP contribution is 2.24. The van der Waals surface area contributed by atoms with E-state index in [-0.39, 0.29) is 19.4 Å². The highest BCUT2D eigenvalue weighted by Gasteiger charge is 2.46. The number of unbranched alkanes of at least 4 members (excludes halogenated alkanes) is 29. The Morgan fingerprint density at radius 2 is 0.882 bits per heavy atom. The van der Waals surface area contributed by atoms with Crippen LogP contribution in [0.5, 0.6) is 0 Å². The van der Waals surface area contributed by atoms with Gasteiger partial charge in [0.25, 0.3) is 10.1 Å². The molecular formula is C55H100O12S. The Hall–Kier alpha value is -2.13. The molecule has 0 aliphatic carbocycles. The van der Waals surface area contributed by atoms with Gasteiger partial charge >= 0.3 is 11.9 Å². The summed E-state index contributed by atoms with van der Waals surface area (Å²) in [4.78, 5) is 25.6. The molecular weight excluding hydrogens is 885 g/mol. The van der Waals surface area contributed by atoms with Crippen molar-refractivity contribution in [3.8, 4) is 0 Å². The number of allylic oxidation sites excluding steroid dienone is 6. The summed E-state index contributed by atoms with van der Waals surface area (Å²) in [5, 5.41) is 31.0. The molecule has 0 bridgehead atoms. The second-order valence-electron chi connectivity index (χ2n) is 19.3. The van der Waals surface area contributed by atoms with E-state index in [0.29, 0.717) is 12.8 Å². The molecule has 4 N–H and O–H groups in total. The number of carbonyl (C=O) groups excluding carboxylic acids is 2. The standard InChI is InChI=1S/C55H100O12S/c1-3-5-7-9-11-13-15-17-19-21-22-23-24-25-26-28-30-32-34-36-38-40-42-44-51(57)66-48(46-65-55-54(60)53(59)52(58)49(67-55)47-68(61,62)63)45-64-50(56)43-41-39-37-35-33-31-29-27-20-18-16-14-12-10-8-6-4-2/h12,14,18,20,29,31,48-49,52-55,58-60H,3-11,13,15-17,19,21-28,30,32-47H2,1-2H3,(H,61,62,63)/b14-12+,20-18+,31-29+/t48-,49-,52-,53?,54?,55+/m1/s1. The van der Waals surface area contributed by atoms with Crippen molar-refractivity contribution in [3.05, 3.63) is 36.5 Å². The van der Waals surface area contributed by atoms with E-state index in [2.05, 4.69) is 50.3 Å². The van der Waals surface area contributed by atoms with Gasteiger partial charge < -0.3 is 34.3 Å². The van der Waals surface area contributed by atoms with Crippen molar-refractivity contribution in [1.29, 1.82) is 0 Å². The molecule has 6 atom stereocenters. The van der Waals surface area contributed by atoms with E-state index in [4.69, 9.17) is 18.9 Å². The molecule has 68 heavy (non-hydrogen) atoms. The third-order valence-electron chi connectivity index (χ3n) is 12.7. The van der Waals surface area contributed by atoms with Gasteiger partial charge in [-0.1, -0.05) is 217 Å². The third kappa shape index (κ3) is 38.6. The quantitative estimate of drug-likeness (QED) is 0.0196. The van der Waals surface area contributed by atoms with E-state index in [1.165, 1.54) is 141 Å². The van der Waals surface area contributed by atoms with E-state index >= 15 is 0 Å². The Kier molecular flexibility index (Phi) is 42.1. The second-order valence-corrected chi connectivity index (χ2v) is 20.8. The first-order chi connectivity index (χ1) is 33.0. The van der Waals surface area contributed by atoms with Crippen molar-refractivity contribution in [2.45, 2.75) is 282 Å². The lowest BCUT2D eigenvalue weighted by Crippen LogP contribution is -2.60. The molecule has 0 radical (unpaired) electrons. The summed E-state index contributed by atoms with van der Waals surface area (Å²) >= 11 is 0. The van der Waals surface area contributed by atoms with Gasteiger partial charge in [0.05, 0.1) is 6.61 Å². The van der Waals surface area contributed by atoms with Crippen LogP contribution >= 0.6 is 0 Å². The predicted molar refractivity (Wildman–Crippen MR) is 275 cm³/mol. The lowest BCUT2D eigenvalue weighted by molar-refractivity contribution is -0.297. The van der Waals surface area contributed by atoms with Gasteiger partial charge in [0.15, 0.2) is 12.4 Å². The van der Waals surface area contributed by atoms with Gasteiger partial charge in [0.1, 0.15) is 36.8 Å². The van der Waals surface area contributed by atoms with Gasteiger partial charge in [-0.3, -0.25) is 14.1 Å². The Morgan fingerprint density at radius 1 is 0.500 bits per heavy atom.